The van der Waals surface area contributed by atoms with Gasteiger partial charge in [-0.25, -0.2) is 0 Å². The zero-order valence-electron chi connectivity index (χ0n) is 7.62. The zero-order chi connectivity index (χ0) is 9.97. The van der Waals surface area contributed by atoms with Gasteiger partial charge in [-0.3, -0.25) is 0 Å². The smallest absolute Gasteiger partial charge is 0.234 e. The summed E-state index contributed by atoms with van der Waals surface area (Å²) in [6.07, 6.45) is 5.26. The molecule has 72 valence electrons. The van der Waals surface area contributed by atoms with E-state index in [1.54, 1.807) is 6.26 Å². The van der Waals surface area contributed by atoms with E-state index in [4.69, 9.17) is 4.74 Å². The van der Waals surface area contributed by atoms with Gasteiger partial charge in [0.1, 0.15) is 5.65 Å². The van der Waals surface area contributed by atoms with Crippen LogP contribution in [0.5, 0.6) is 5.88 Å². The summed E-state index contributed by atoms with van der Waals surface area (Å²) in [6, 6.07) is 3.93. The van der Waals surface area contributed by atoms with E-state index in [9.17, 15) is 0 Å². The van der Waals surface area contributed by atoms with E-state index in [1.165, 1.54) is 0 Å². The molecular weight excluding hydrogens is 244 g/mol. The number of pyridine rings is 1. The normalized spacial score (nSPS) is 11.3. The molecule has 0 radical (unpaired) electrons. The van der Waals surface area contributed by atoms with E-state index in [-0.39, 0.29) is 0 Å². The van der Waals surface area contributed by atoms with Gasteiger partial charge in [-0.2, -0.15) is 4.98 Å². The number of nitrogens with zero attached hydrogens (tertiary/aromatic N) is 1. The molecule has 0 saturated heterocycles. The van der Waals surface area contributed by atoms with E-state index in [1.807, 2.05) is 31.3 Å². The summed E-state index contributed by atoms with van der Waals surface area (Å²) in [5.41, 5.74) is 0.827. The highest BCUT2D eigenvalue weighted by Gasteiger charge is 2.04. The molecule has 0 aliphatic heterocycles. The van der Waals surface area contributed by atoms with E-state index < -0.39 is 0 Å². The highest BCUT2D eigenvalue weighted by Crippen LogP contribution is 2.26. The van der Waals surface area contributed by atoms with Crippen molar-refractivity contribution in [3.8, 4) is 5.88 Å². The molecule has 0 unspecified atom stereocenters. The van der Waals surface area contributed by atoms with Gasteiger partial charge in [0.05, 0.1) is 10.7 Å². The van der Waals surface area contributed by atoms with Crippen LogP contribution in [0.15, 0.2) is 35.1 Å². The molecule has 3 nitrogen and oxygen atoms in total. The maximum Gasteiger partial charge on any atom is 0.234 e. The Bertz CT molecular complexity index is 476. The quantitative estimate of drug-likeness (QED) is 0.834. The van der Waals surface area contributed by atoms with Crippen LogP contribution >= 0.6 is 15.9 Å². The molecule has 2 aromatic rings. The Hall–Kier alpha value is -1.29. The third kappa shape index (κ3) is 1.65. The van der Waals surface area contributed by atoms with Gasteiger partial charge in [0.15, 0.2) is 0 Å². The molecule has 14 heavy (non-hydrogen) atoms. The van der Waals surface area contributed by atoms with Gasteiger partial charge in [0.25, 0.3) is 0 Å². The van der Waals surface area contributed by atoms with Crippen LogP contribution in [0.2, 0.25) is 0 Å². The van der Waals surface area contributed by atoms with Crippen LogP contribution in [-0.2, 0) is 0 Å². The first kappa shape index (κ1) is 9.27. The second kappa shape index (κ2) is 3.84. The summed E-state index contributed by atoms with van der Waals surface area (Å²) in [7, 11) is 0. The molecule has 0 aliphatic rings. The molecule has 0 fully saturated rings. The predicted octanol–water partition coefficient (Wildman–Crippen LogP) is 3.24. The SMILES string of the molecule is C/C=C/Oc1nc2[nH]ccc2cc1Br. The lowest BCUT2D eigenvalue weighted by Crippen LogP contribution is -1.88. The maximum atomic E-state index is 5.30. The Kier molecular flexibility index (Phi) is 2.54. The molecule has 0 aliphatic carbocycles. The first-order valence-corrected chi connectivity index (χ1v) is 5.02. The van der Waals surface area contributed by atoms with Crippen LogP contribution in [0, 0.1) is 0 Å². The van der Waals surface area contributed by atoms with Crippen LogP contribution in [0.4, 0.5) is 0 Å². The average Bonchev–Trinajstić information content (AvgIpc) is 2.61. The third-order valence-electron chi connectivity index (χ3n) is 1.77. The molecule has 4 heteroatoms. The Morgan fingerprint density at radius 3 is 3.21 bits per heavy atom. The molecule has 0 spiro atoms. The fourth-order valence-electron chi connectivity index (χ4n) is 1.15. The molecule has 2 aromatic heterocycles. The van der Waals surface area contributed by atoms with Gasteiger partial charge < -0.3 is 9.72 Å². The summed E-state index contributed by atoms with van der Waals surface area (Å²) in [5.74, 6) is 0.568. The molecular formula is C10H9BrN2O. The molecule has 0 amide bonds. The van der Waals surface area contributed by atoms with Gasteiger partial charge in [0, 0.05) is 11.6 Å². The second-order valence-corrected chi connectivity index (χ2v) is 3.63. The van der Waals surface area contributed by atoms with Crippen molar-refractivity contribution in [2.45, 2.75) is 6.92 Å². The van der Waals surface area contributed by atoms with Crippen molar-refractivity contribution in [3.63, 3.8) is 0 Å². The van der Waals surface area contributed by atoms with E-state index >= 15 is 0 Å². The number of halogens is 1. The Morgan fingerprint density at radius 2 is 2.43 bits per heavy atom. The number of rotatable bonds is 2. The van der Waals surface area contributed by atoms with Crippen molar-refractivity contribution in [2.24, 2.45) is 0 Å². The number of nitrogens with one attached hydrogen (secondary N) is 1. The monoisotopic (exact) mass is 252 g/mol. The zero-order valence-corrected chi connectivity index (χ0v) is 9.21. The molecule has 0 bridgehead atoms. The Balaban J connectivity index is 2.48. The lowest BCUT2D eigenvalue weighted by Gasteiger charge is -2.01. The summed E-state index contributed by atoms with van der Waals surface area (Å²) >= 11 is 3.40. The number of aromatic amines is 1. The van der Waals surface area contributed by atoms with Crippen molar-refractivity contribution in [1.82, 2.24) is 9.97 Å². The van der Waals surface area contributed by atoms with Crippen LogP contribution in [0.3, 0.4) is 0 Å². The fraction of sp³-hybridized carbons (Fsp3) is 0.100. The summed E-state index contributed by atoms with van der Waals surface area (Å²) in [5, 5.41) is 1.06. The van der Waals surface area contributed by atoms with Crippen LogP contribution in [0.25, 0.3) is 11.0 Å². The number of hydrogen-bond donors (Lipinski definition) is 1. The molecule has 0 atom stereocenters. The summed E-state index contributed by atoms with van der Waals surface area (Å²) in [4.78, 5) is 7.32. The van der Waals surface area contributed by atoms with Gasteiger partial charge in [0.2, 0.25) is 5.88 Å². The first-order valence-electron chi connectivity index (χ1n) is 4.22. The third-order valence-corrected chi connectivity index (χ3v) is 2.34. The minimum absolute atomic E-state index is 0.568. The summed E-state index contributed by atoms with van der Waals surface area (Å²) in [6.45, 7) is 1.89. The van der Waals surface area contributed by atoms with Crippen molar-refractivity contribution in [2.75, 3.05) is 0 Å². The Labute approximate surface area is 89.9 Å². The van der Waals surface area contributed by atoms with Crippen molar-refractivity contribution in [1.29, 1.82) is 0 Å². The highest BCUT2D eigenvalue weighted by atomic mass is 79.9. The molecule has 1 N–H and O–H groups in total. The van der Waals surface area contributed by atoms with Crippen LogP contribution < -0.4 is 4.74 Å². The lowest BCUT2D eigenvalue weighted by atomic mass is 10.3. The average molecular weight is 253 g/mol. The summed E-state index contributed by atoms with van der Waals surface area (Å²) < 4.78 is 6.15. The molecule has 2 heterocycles. The van der Waals surface area contributed by atoms with E-state index in [0.29, 0.717) is 5.88 Å². The largest absolute Gasteiger partial charge is 0.446 e. The number of ether oxygens (including phenoxy) is 1. The number of H-pyrrole nitrogens is 1. The van der Waals surface area contributed by atoms with Crippen molar-refractivity contribution >= 4 is 27.0 Å². The van der Waals surface area contributed by atoms with Gasteiger partial charge in [-0.15, -0.1) is 0 Å². The topological polar surface area (TPSA) is 37.9 Å². The Morgan fingerprint density at radius 1 is 1.57 bits per heavy atom. The van der Waals surface area contributed by atoms with E-state index in [0.717, 1.165) is 15.5 Å². The fourth-order valence-corrected chi connectivity index (χ4v) is 1.58. The molecule has 0 saturated carbocycles. The highest BCUT2D eigenvalue weighted by molar-refractivity contribution is 9.10. The standard InChI is InChI=1S/C10H9BrN2O/c1-2-5-14-10-8(11)6-7-3-4-12-9(7)13-10/h2-6H,1H3,(H,12,13)/b5-2+. The number of aromatic nitrogens is 2. The van der Waals surface area contributed by atoms with Gasteiger partial charge in [-0.1, -0.05) is 6.08 Å². The maximum absolute atomic E-state index is 5.30. The minimum Gasteiger partial charge on any atom is -0.446 e. The number of fused-ring (bicyclic) bond motifs is 1. The van der Waals surface area contributed by atoms with Gasteiger partial charge >= 0.3 is 0 Å². The van der Waals surface area contributed by atoms with Crippen molar-refractivity contribution in [3.05, 3.63) is 35.1 Å². The predicted molar refractivity (Wildman–Crippen MR) is 59.2 cm³/mol. The minimum atomic E-state index is 0.568. The van der Waals surface area contributed by atoms with Gasteiger partial charge in [-0.05, 0) is 35.0 Å². The van der Waals surface area contributed by atoms with E-state index in [2.05, 4.69) is 25.9 Å². The molecule has 2 rings (SSSR count). The second-order valence-electron chi connectivity index (χ2n) is 2.78. The van der Waals surface area contributed by atoms with Crippen LogP contribution in [-0.4, -0.2) is 9.97 Å². The molecule has 0 aromatic carbocycles. The lowest BCUT2D eigenvalue weighted by molar-refractivity contribution is 0.459. The number of hydrogen-bond acceptors (Lipinski definition) is 2. The number of allylic oxidation sites excluding steroid dienone is 1. The first-order chi connectivity index (χ1) is 6.81. The van der Waals surface area contributed by atoms with Crippen LogP contribution in [0.1, 0.15) is 6.92 Å². The van der Waals surface area contributed by atoms with Crippen molar-refractivity contribution < 1.29 is 4.74 Å².